The average molecular weight is 380 g/mol. The number of hydrogen-bond donors (Lipinski definition) is 0. The van der Waals surface area contributed by atoms with Crippen LogP contribution in [-0.2, 0) is 0 Å². The Bertz CT molecular complexity index is 1080. The van der Waals surface area contributed by atoms with Gasteiger partial charge in [-0.15, -0.1) is 0 Å². The van der Waals surface area contributed by atoms with Gasteiger partial charge in [0.1, 0.15) is 0 Å². The van der Waals surface area contributed by atoms with Crippen LogP contribution in [0.1, 0.15) is 35.8 Å². The highest BCUT2D eigenvalue weighted by atomic mass is 16.6. The summed E-state index contributed by atoms with van der Waals surface area (Å²) in [6.07, 6.45) is 2.09. The summed E-state index contributed by atoms with van der Waals surface area (Å²) in [7, 11) is 0. The molecule has 1 aliphatic rings. The third-order valence-corrected chi connectivity index (χ3v) is 5.14. The summed E-state index contributed by atoms with van der Waals surface area (Å²) in [6, 6.07) is 7.87. The number of piperidine rings is 1. The number of nitrogens with zero attached hydrogens (tertiary/aromatic N) is 4. The second-order valence-electron chi connectivity index (χ2n) is 7.31. The second kappa shape index (κ2) is 7.03. The standard InChI is InChI=1S/C20H20N4O4/c1-12-5-4-8-23(11-12)20(25)16-10-17(21-19-18(16)13(2)22-28-19)14-6-3-7-15(9-14)24(26)27/h3,6-7,9-10,12H,4-5,8,11H2,1-2H3. The molecule has 1 aromatic carbocycles. The molecule has 1 saturated heterocycles. The maximum atomic E-state index is 13.3. The van der Waals surface area contributed by atoms with Crippen LogP contribution in [0, 0.1) is 23.0 Å². The molecule has 0 radical (unpaired) electrons. The number of carbonyl (C=O) groups excluding carboxylic acids is 1. The maximum Gasteiger partial charge on any atom is 0.270 e. The monoisotopic (exact) mass is 380 g/mol. The summed E-state index contributed by atoms with van der Waals surface area (Å²) in [5.41, 5.74) is 2.29. The van der Waals surface area contributed by atoms with Crippen molar-refractivity contribution in [2.45, 2.75) is 26.7 Å². The lowest BCUT2D eigenvalue weighted by atomic mass is 9.98. The van der Waals surface area contributed by atoms with Crippen LogP contribution >= 0.6 is 0 Å². The minimum absolute atomic E-state index is 0.0362. The molecular formula is C20H20N4O4. The van der Waals surface area contributed by atoms with Crippen molar-refractivity contribution in [3.63, 3.8) is 0 Å². The van der Waals surface area contributed by atoms with Gasteiger partial charge < -0.3 is 9.42 Å². The van der Waals surface area contributed by atoms with Gasteiger partial charge in [0.25, 0.3) is 17.3 Å². The molecule has 28 heavy (non-hydrogen) atoms. The van der Waals surface area contributed by atoms with E-state index in [0.717, 1.165) is 12.8 Å². The quantitative estimate of drug-likeness (QED) is 0.503. The number of amides is 1. The summed E-state index contributed by atoms with van der Waals surface area (Å²) in [5, 5.41) is 15.7. The van der Waals surface area contributed by atoms with Crippen LogP contribution in [0.15, 0.2) is 34.9 Å². The van der Waals surface area contributed by atoms with Crippen LogP contribution in [0.5, 0.6) is 0 Å². The molecule has 0 N–H and O–H groups in total. The van der Waals surface area contributed by atoms with Crippen LogP contribution in [0.4, 0.5) is 5.69 Å². The molecule has 1 amide bonds. The van der Waals surface area contributed by atoms with E-state index in [4.69, 9.17) is 4.52 Å². The normalized spacial score (nSPS) is 17.1. The Balaban J connectivity index is 1.83. The number of carbonyl (C=O) groups is 1. The lowest BCUT2D eigenvalue weighted by molar-refractivity contribution is -0.384. The SMILES string of the molecule is Cc1noc2nc(-c3cccc([N+](=O)[O-])c3)cc(C(=O)N3CCCC(C)C3)c12. The fourth-order valence-corrected chi connectivity index (χ4v) is 3.73. The number of likely N-dealkylation sites (tertiary alicyclic amines) is 1. The van der Waals surface area contributed by atoms with Gasteiger partial charge in [-0.2, -0.15) is 0 Å². The van der Waals surface area contributed by atoms with Crippen LogP contribution in [-0.4, -0.2) is 39.0 Å². The number of non-ortho nitro benzene ring substituents is 1. The fraction of sp³-hybridized carbons (Fsp3) is 0.350. The van der Waals surface area contributed by atoms with E-state index in [9.17, 15) is 14.9 Å². The zero-order chi connectivity index (χ0) is 19.8. The average Bonchev–Trinajstić information content (AvgIpc) is 3.08. The number of benzene rings is 1. The van der Waals surface area contributed by atoms with Crippen LogP contribution in [0.3, 0.4) is 0 Å². The lowest BCUT2D eigenvalue weighted by Gasteiger charge is -2.31. The number of nitro groups is 1. The number of rotatable bonds is 3. The molecule has 0 saturated carbocycles. The molecule has 3 aromatic rings. The van der Waals surface area contributed by atoms with Gasteiger partial charge in [0.05, 0.1) is 27.3 Å². The van der Waals surface area contributed by atoms with E-state index in [1.807, 2.05) is 4.90 Å². The van der Waals surface area contributed by atoms with Gasteiger partial charge >= 0.3 is 0 Å². The molecule has 1 fully saturated rings. The topological polar surface area (TPSA) is 102 Å². The van der Waals surface area contributed by atoms with E-state index in [0.29, 0.717) is 46.9 Å². The van der Waals surface area contributed by atoms with Crippen molar-refractivity contribution in [2.75, 3.05) is 13.1 Å². The third-order valence-electron chi connectivity index (χ3n) is 5.14. The number of aromatic nitrogens is 2. The summed E-state index contributed by atoms with van der Waals surface area (Å²) in [5.74, 6) is 0.367. The van der Waals surface area contributed by atoms with Crippen LogP contribution in [0.2, 0.25) is 0 Å². The minimum atomic E-state index is -0.457. The van der Waals surface area contributed by atoms with E-state index in [1.165, 1.54) is 12.1 Å². The highest BCUT2D eigenvalue weighted by Crippen LogP contribution is 2.30. The van der Waals surface area contributed by atoms with Crippen molar-refractivity contribution in [1.29, 1.82) is 0 Å². The first-order valence-corrected chi connectivity index (χ1v) is 9.25. The Morgan fingerprint density at radius 3 is 2.93 bits per heavy atom. The predicted octanol–water partition coefficient (Wildman–Crippen LogP) is 3.98. The number of fused-ring (bicyclic) bond motifs is 1. The van der Waals surface area contributed by atoms with Gasteiger partial charge in [0, 0.05) is 30.8 Å². The molecule has 144 valence electrons. The van der Waals surface area contributed by atoms with Crippen molar-refractivity contribution in [2.24, 2.45) is 5.92 Å². The summed E-state index contributed by atoms with van der Waals surface area (Å²) in [4.78, 5) is 30.2. The highest BCUT2D eigenvalue weighted by molar-refractivity contribution is 6.07. The van der Waals surface area contributed by atoms with E-state index in [-0.39, 0.29) is 17.3 Å². The van der Waals surface area contributed by atoms with Gasteiger partial charge in [-0.25, -0.2) is 4.98 Å². The fourth-order valence-electron chi connectivity index (χ4n) is 3.73. The van der Waals surface area contributed by atoms with Gasteiger partial charge in [-0.3, -0.25) is 14.9 Å². The highest BCUT2D eigenvalue weighted by Gasteiger charge is 2.26. The molecule has 1 unspecified atom stereocenters. The molecule has 0 aliphatic carbocycles. The second-order valence-corrected chi connectivity index (χ2v) is 7.31. The maximum absolute atomic E-state index is 13.3. The van der Waals surface area contributed by atoms with Crippen molar-refractivity contribution < 1.29 is 14.2 Å². The number of nitro benzene ring substituents is 1. The number of pyridine rings is 1. The molecule has 8 nitrogen and oxygen atoms in total. The predicted molar refractivity (Wildman–Crippen MR) is 103 cm³/mol. The van der Waals surface area contributed by atoms with Gasteiger partial charge in [-0.1, -0.05) is 24.2 Å². The summed E-state index contributed by atoms with van der Waals surface area (Å²) >= 11 is 0. The molecule has 2 aromatic heterocycles. The Labute approximate surface area is 161 Å². The summed E-state index contributed by atoms with van der Waals surface area (Å²) < 4.78 is 5.32. The van der Waals surface area contributed by atoms with Crippen LogP contribution < -0.4 is 0 Å². The first-order valence-electron chi connectivity index (χ1n) is 9.25. The Morgan fingerprint density at radius 2 is 2.18 bits per heavy atom. The molecule has 8 heteroatoms. The van der Waals surface area contributed by atoms with Gasteiger partial charge in [0.15, 0.2) is 0 Å². The van der Waals surface area contributed by atoms with E-state index >= 15 is 0 Å². The Hall–Kier alpha value is -3.29. The van der Waals surface area contributed by atoms with Crippen molar-refractivity contribution >= 4 is 22.7 Å². The third kappa shape index (κ3) is 3.21. The first-order chi connectivity index (χ1) is 13.4. The van der Waals surface area contributed by atoms with E-state index in [2.05, 4.69) is 17.1 Å². The molecular weight excluding hydrogens is 360 g/mol. The molecule has 3 heterocycles. The Kier molecular flexibility index (Phi) is 4.54. The Morgan fingerprint density at radius 1 is 1.36 bits per heavy atom. The van der Waals surface area contributed by atoms with Crippen molar-refractivity contribution in [1.82, 2.24) is 15.0 Å². The zero-order valence-corrected chi connectivity index (χ0v) is 15.7. The minimum Gasteiger partial charge on any atom is -0.338 e. The smallest absolute Gasteiger partial charge is 0.270 e. The van der Waals surface area contributed by atoms with Gasteiger partial charge in [0.2, 0.25) is 0 Å². The largest absolute Gasteiger partial charge is 0.338 e. The molecule has 0 spiro atoms. The summed E-state index contributed by atoms with van der Waals surface area (Å²) in [6.45, 7) is 5.33. The van der Waals surface area contributed by atoms with Crippen molar-refractivity contribution in [3.05, 3.63) is 51.7 Å². The zero-order valence-electron chi connectivity index (χ0n) is 15.7. The first kappa shape index (κ1) is 18.1. The molecule has 4 rings (SSSR count). The molecule has 0 bridgehead atoms. The van der Waals surface area contributed by atoms with Gasteiger partial charge in [-0.05, 0) is 31.7 Å². The number of hydrogen-bond acceptors (Lipinski definition) is 6. The van der Waals surface area contributed by atoms with E-state index < -0.39 is 4.92 Å². The molecule has 1 aliphatic heterocycles. The van der Waals surface area contributed by atoms with E-state index in [1.54, 1.807) is 25.1 Å². The van der Waals surface area contributed by atoms with Crippen molar-refractivity contribution in [3.8, 4) is 11.3 Å². The van der Waals surface area contributed by atoms with Crippen LogP contribution in [0.25, 0.3) is 22.4 Å². The number of aryl methyl sites for hydroxylation is 1. The molecule has 1 atom stereocenters. The lowest BCUT2D eigenvalue weighted by Crippen LogP contribution is -2.39.